The summed E-state index contributed by atoms with van der Waals surface area (Å²) in [4.78, 5) is 4.15. The normalized spacial score (nSPS) is 13.2. The minimum atomic E-state index is -0.389. The second-order valence-electron chi connectivity index (χ2n) is 10.0. The van der Waals surface area contributed by atoms with Crippen LogP contribution in [0.5, 0.6) is 0 Å². The summed E-state index contributed by atoms with van der Waals surface area (Å²) < 4.78 is 41.1. The lowest BCUT2D eigenvalue weighted by Crippen LogP contribution is -1.91. The molecule has 0 radical (unpaired) electrons. The number of rotatable bonds is 4. The fourth-order valence-corrected chi connectivity index (χ4v) is 5.91. The molecule has 0 aliphatic heterocycles. The predicted octanol–water partition coefficient (Wildman–Crippen LogP) is 10.6. The lowest BCUT2D eigenvalue weighted by atomic mass is 9.85. The molecule has 1 heterocycles. The average Bonchev–Trinajstić information content (AvgIpc) is 3.09. The summed E-state index contributed by atoms with van der Waals surface area (Å²) in [5.74, 6) is 0. The molecule has 8 rings (SSSR count). The number of aromatic nitrogens is 1. The fourth-order valence-electron chi connectivity index (χ4n) is 5.91. The highest BCUT2D eigenvalue weighted by molar-refractivity contribution is 6.28. The third-order valence-electron chi connectivity index (χ3n) is 7.84. The summed E-state index contributed by atoms with van der Waals surface area (Å²) in [5.41, 5.74) is 7.34. The zero-order valence-electron chi connectivity index (χ0n) is 26.5. The Labute approximate surface area is 240 Å². The summed E-state index contributed by atoms with van der Waals surface area (Å²) in [6.07, 6.45) is 3.61. The Bertz CT molecular complexity index is 2360. The highest BCUT2D eigenvalue weighted by Crippen LogP contribution is 2.44. The number of pyridine rings is 1. The van der Waals surface area contributed by atoms with E-state index in [1.807, 2.05) is 36.4 Å². The maximum atomic E-state index is 8.44. The van der Waals surface area contributed by atoms with Gasteiger partial charge in [-0.2, -0.15) is 0 Å². The SMILES string of the molecule is [2H]c1c([2H])c([2H])c(-c2ccc(-c3cc(-c4ccc(-c5ccncc5)cc4)c4ccc5cccc6ccc3c4c56)cc2)c([2H])c1[2H]. The van der Waals surface area contributed by atoms with Crippen molar-refractivity contribution in [3.8, 4) is 44.5 Å². The second kappa shape index (κ2) is 9.18. The Morgan fingerprint density at radius 1 is 0.425 bits per heavy atom. The van der Waals surface area contributed by atoms with Gasteiger partial charge in [-0.1, -0.05) is 121 Å². The van der Waals surface area contributed by atoms with Crippen molar-refractivity contribution in [3.05, 3.63) is 152 Å². The molecule has 0 saturated carbocycles. The van der Waals surface area contributed by atoms with Crippen molar-refractivity contribution in [2.75, 3.05) is 0 Å². The first-order valence-corrected chi connectivity index (χ1v) is 13.3. The first-order chi connectivity index (χ1) is 21.9. The number of hydrogen-bond acceptors (Lipinski definition) is 1. The molecule has 0 amide bonds. The number of nitrogens with zero attached hydrogens (tertiary/aromatic N) is 1. The van der Waals surface area contributed by atoms with Crippen LogP contribution in [0.25, 0.3) is 76.8 Å². The topological polar surface area (TPSA) is 12.9 Å². The fraction of sp³-hybridized carbons (Fsp3) is 0. The van der Waals surface area contributed by atoms with Crippen LogP contribution in [0.15, 0.2) is 152 Å². The van der Waals surface area contributed by atoms with Gasteiger partial charge in [0.2, 0.25) is 0 Å². The van der Waals surface area contributed by atoms with E-state index in [0.717, 1.165) is 38.8 Å². The zero-order chi connectivity index (χ0) is 30.8. The van der Waals surface area contributed by atoms with Crippen LogP contribution in [0, 0.1) is 0 Å². The van der Waals surface area contributed by atoms with E-state index in [1.165, 1.54) is 26.9 Å². The third kappa shape index (κ3) is 3.67. The molecular formula is C39H25N. The van der Waals surface area contributed by atoms with Crippen molar-refractivity contribution in [1.29, 1.82) is 0 Å². The lowest BCUT2D eigenvalue weighted by Gasteiger charge is -2.18. The molecule has 0 fully saturated rings. The predicted molar refractivity (Wildman–Crippen MR) is 170 cm³/mol. The van der Waals surface area contributed by atoms with Crippen molar-refractivity contribution in [2.45, 2.75) is 0 Å². The maximum Gasteiger partial charge on any atom is 0.0629 e. The summed E-state index contributed by atoms with van der Waals surface area (Å²) in [6, 6.07) is 36.4. The Morgan fingerprint density at radius 2 is 0.925 bits per heavy atom. The van der Waals surface area contributed by atoms with Crippen molar-refractivity contribution in [3.63, 3.8) is 0 Å². The van der Waals surface area contributed by atoms with E-state index in [0.29, 0.717) is 5.56 Å². The highest BCUT2D eigenvalue weighted by atomic mass is 14.6. The Balaban J connectivity index is 1.34. The molecule has 7 aromatic carbocycles. The van der Waals surface area contributed by atoms with E-state index < -0.39 is 0 Å². The van der Waals surface area contributed by atoms with E-state index >= 15 is 0 Å². The molecule has 0 aliphatic carbocycles. The minimum Gasteiger partial charge on any atom is -0.265 e. The summed E-state index contributed by atoms with van der Waals surface area (Å²) in [7, 11) is 0. The van der Waals surface area contributed by atoms with Gasteiger partial charge in [-0.25, -0.2) is 0 Å². The quantitative estimate of drug-likeness (QED) is 0.214. The summed E-state index contributed by atoms with van der Waals surface area (Å²) >= 11 is 0. The number of benzene rings is 7. The van der Waals surface area contributed by atoms with Crippen LogP contribution in [-0.2, 0) is 0 Å². The van der Waals surface area contributed by atoms with Gasteiger partial charge in [0.15, 0.2) is 0 Å². The smallest absolute Gasteiger partial charge is 0.0629 e. The molecule has 186 valence electrons. The molecule has 1 aromatic heterocycles. The van der Waals surface area contributed by atoms with E-state index in [1.54, 1.807) is 12.4 Å². The monoisotopic (exact) mass is 512 g/mol. The van der Waals surface area contributed by atoms with Crippen LogP contribution in [0.1, 0.15) is 6.85 Å². The maximum absolute atomic E-state index is 8.44. The molecule has 0 spiro atoms. The first kappa shape index (κ1) is 18.1. The molecule has 40 heavy (non-hydrogen) atoms. The summed E-state index contributed by atoms with van der Waals surface area (Å²) in [6.45, 7) is 0. The van der Waals surface area contributed by atoms with Crippen LogP contribution in [-0.4, -0.2) is 4.98 Å². The van der Waals surface area contributed by atoms with E-state index in [-0.39, 0.29) is 35.8 Å². The van der Waals surface area contributed by atoms with Crippen LogP contribution < -0.4 is 0 Å². The van der Waals surface area contributed by atoms with Crippen molar-refractivity contribution in [2.24, 2.45) is 0 Å². The van der Waals surface area contributed by atoms with Gasteiger partial charge in [-0.3, -0.25) is 4.98 Å². The van der Waals surface area contributed by atoms with Crippen molar-refractivity contribution >= 4 is 32.3 Å². The highest BCUT2D eigenvalue weighted by Gasteiger charge is 2.16. The van der Waals surface area contributed by atoms with Gasteiger partial charge in [0.1, 0.15) is 0 Å². The molecule has 8 aromatic rings. The molecule has 0 atom stereocenters. The van der Waals surface area contributed by atoms with Gasteiger partial charge >= 0.3 is 0 Å². The molecule has 0 N–H and O–H groups in total. The molecule has 0 unspecified atom stereocenters. The van der Waals surface area contributed by atoms with Gasteiger partial charge in [-0.15, -0.1) is 0 Å². The average molecular weight is 513 g/mol. The van der Waals surface area contributed by atoms with Crippen LogP contribution in [0.2, 0.25) is 0 Å². The van der Waals surface area contributed by atoms with Gasteiger partial charge in [0.05, 0.1) is 6.85 Å². The number of hydrogen-bond donors (Lipinski definition) is 0. The standard InChI is InChI=1S/C39H25N/c1-2-5-26(6-3-1)27-9-13-30(14-10-27)36-25-37(31-15-11-28(12-16-31)29-21-23-40-24-22-29)35-20-18-33-8-4-7-32-17-19-34(36)39(35)38(32)33/h1-25H/i1D,2D,3D,5D,6D. The molecule has 0 aliphatic rings. The molecular weight excluding hydrogens is 482 g/mol. The first-order valence-electron chi connectivity index (χ1n) is 15.8. The molecule has 1 nitrogen and oxygen atoms in total. The van der Waals surface area contributed by atoms with Crippen LogP contribution >= 0.6 is 0 Å². The molecule has 0 bridgehead atoms. The van der Waals surface area contributed by atoms with Crippen LogP contribution in [0.4, 0.5) is 0 Å². The second-order valence-corrected chi connectivity index (χ2v) is 10.0. The Hall–Kier alpha value is -5.27. The van der Waals surface area contributed by atoms with Gasteiger partial charge in [0.25, 0.3) is 0 Å². The van der Waals surface area contributed by atoms with Crippen molar-refractivity contribution < 1.29 is 6.85 Å². The Kier molecular flexibility index (Phi) is 4.15. The van der Waals surface area contributed by atoms with Gasteiger partial charge in [0, 0.05) is 12.4 Å². The van der Waals surface area contributed by atoms with Gasteiger partial charge in [-0.05, 0) is 95.0 Å². The van der Waals surface area contributed by atoms with E-state index in [4.69, 9.17) is 6.85 Å². The zero-order valence-corrected chi connectivity index (χ0v) is 21.5. The largest absolute Gasteiger partial charge is 0.265 e. The van der Waals surface area contributed by atoms with E-state index in [2.05, 4.69) is 77.8 Å². The van der Waals surface area contributed by atoms with Crippen molar-refractivity contribution in [1.82, 2.24) is 4.98 Å². The lowest BCUT2D eigenvalue weighted by molar-refractivity contribution is 1.33. The molecule has 1 heteroatoms. The van der Waals surface area contributed by atoms with E-state index in [9.17, 15) is 0 Å². The third-order valence-corrected chi connectivity index (χ3v) is 7.84. The Morgan fingerprint density at radius 3 is 1.50 bits per heavy atom. The molecule has 0 saturated heterocycles. The minimum absolute atomic E-state index is 0.200. The van der Waals surface area contributed by atoms with Crippen LogP contribution in [0.3, 0.4) is 0 Å². The van der Waals surface area contributed by atoms with Gasteiger partial charge < -0.3 is 0 Å². The summed E-state index contributed by atoms with van der Waals surface area (Å²) in [5, 5.41) is 7.16.